The highest BCUT2D eigenvalue weighted by molar-refractivity contribution is 5.46. The van der Waals surface area contributed by atoms with Crippen LogP contribution in [-0.4, -0.2) is 12.6 Å². The fourth-order valence-corrected chi connectivity index (χ4v) is 1.32. The average molecular weight is 207 g/mol. The highest BCUT2D eigenvalue weighted by Gasteiger charge is 2.05. The van der Waals surface area contributed by atoms with Crippen LogP contribution in [0.4, 0.5) is 0 Å². The minimum atomic E-state index is -0.173. The fourth-order valence-electron chi connectivity index (χ4n) is 1.32. The van der Waals surface area contributed by atoms with Gasteiger partial charge in [-0.25, -0.2) is 0 Å². The summed E-state index contributed by atoms with van der Waals surface area (Å²) < 4.78 is 5.57. The number of nitrogens with one attached hydrogen (secondary N) is 1. The molecule has 0 aromatic heterocycles. The standard InChI is InChI=1S/C12H17NO2/c1-2-6-12(13-10-14)15-9-11-7-4-3-5-8-11/h3-5,7-8,10,12H,2,6,9H2,1H3,(H,13,14). The molecule has 15 heavy (non-hydrogen) atoms. The first kappa shape index (κ1) is 11.7. The predicted molar refractivity (Wildman–Crippen MR) is 59.1 cm³/mol. The maximum absolute atomic E-state index is 10.3. The van der Waals surface area contributed by atoms with Crippen molar-refractivity contribution in [1.82, 2.24) is 5.32 Å². The van der Waals surface area contributed by atoms with Crippen LogP contribution in [0.3, 0.4) is 0 Å². The molecule has 1 rings (SSSR count). The van der Waals surface area contributed by atoms with E-state index in [1.165, 1.54) is 0 Å². The Balaban J connectivity index is 2.36. The zero-order chi connectivity index (χ0) is 10.9. The van der Waals surface area contributed by atoms with Crippen molar-refractivity contribution >= 4 is 6.41 Å². The normalized spacial score (nSPS) is 12.1. The van der Waals surface area contributed by atoms with Crippen LogP contribution in [0.1, 0.15) is 25.3 Å². The minimum absolute atomic E-state index is 0.173. The quantitative estimate of drug-likeness (QED) is 0.549. The van der Waals surface area contributed by atoms with Crippen molar-refractivity contribution < 1.29 is 9.53 Å². The lowest BCUT2D eigenvalue weighted by Crippen LogP contribution is -2.30. The van der Waals surface area contributed by atoms with Crippen molar-refractivity contribution in [2.24, 2.45) is 0 Å². The first-order chi connectivity index (χ1) is 7.36. The van der Waals surface area contributed by atoms with Crippen molar-refractivity contribution in [3.63, 3.8) is 0 Å². The molecule has 0 aliphatic carbocycles. The zero-order valence-corrected chi connectivity index (χ0v) is 8.98. The third-order valence-corrected chi connectivity index (χ3v) is 2.10. The van der Waals surface area contributed by atoms with E-state index < -0.39 is 0 Å². The number of hydrogen-bond donors (Lipinski definition) is 1. The first-order valence-corrected chi connectivity index (χ1v) is 5.22. The van der Waals surface area contributed by atoms with Gasteiger partial charge in [0, 0.05) is 0 Å². The van der Waals surface area contributed by atoms with E-state index in [4.69, 9.17) is 4.74 Å². The number of carbonyl (C=O) groups is 1. The predicted octanol–water partition coefficient (Wildman–Crippen LogP) is 2.08. The van der Waals surface area contributed by atoms with Crippen LogP contribution in [-0.2, 0) is 16.1 Å². The van der Waals surface area contributed by atoms with Crippen LogP contribution < -0.4 is 5.32 Å². The highest BCUT2D eigenvalue weighted by atomic mass is 16.5. The first-order valence-electron chi connectivity index (χ1n) is 5.22. The Morgan fingerprint density at radius 2 is 2.13 bits per heavy atom. The molecule has 1 unspecified atom stereocenters. The molecule has 0 saturated carbocycles. The van der Waals surface area contributed by atoms with E-state index in [2.05, 4.69) is 12.2 Å². The number of benzene rings is 1. The lowest BCUT2D eigenvalue weighted by Gasteiger charge is -2.15. The van der Waals surface area contributed by atoms with Crippen molar-refractivity contribution in [3.05, 3.63) is 35.9 Å². The Morgan fingerprint density at radius 1 is 1.40 bits per heavy atom. The molecule has 0 spiro atoms. The molecule has 1 N–H and O–H groups in total. The molecule has 1 amide bonds. The molecule has 1 atom stereocenters. The van der Waals surface area contributed by atoms with Crippen molar-refractivity contribution in [2.75, 3.05) is 0 Å². The Kier molecular flexibility index (Phi) is 5.48. The molecule has 0 aliphatic heterocycles. The number of hydrogen-bond acceptors (Lipinski definition) is 2. The van der Waals surface area contributed by atoms with Gasteiger partial charge in [0.2, 0.25) is 6.41 Å². The fraction of sp³-hybridized carbons (Fsp3) is 0.417. The lowest BCUT2D eigenvalue weighted by atomic mass is 10.2. The van der Waals surface area contributed by atoms with Gasteiger partial charge in [0.05, 0.1) is 6.61 Å². The van der Waals surface area contributed by atoms with Gasteiger partial charge in [-0.1, -0.05) is 43.7 Å². The SMILES string of the molecule is CCCC(NC=O)OCc1ccccc1. The smallest absolute Gasteiger partial charge is 0.209 e. The van der Waals surface area contributed by atoms with Crippen molar-refractivity contribution in [3.8, 4) is 0 Å². The third kappa shape index (κ3) is 4.61. The molecular formula is C12H17NO2. The van der Waals surface area contributed by atoms with Gasteiger partial charge in [-0.3, -0.25) is 4.79 Å². The monoisotopic (exact) mass is 207 g/mol. The van der Waals surface area contributed by atoms with E-state index in [1.807, 2.05) is 30.3 Å². The van der Waals surface area contributed by atoms with Crippen molar-refractivity contribution in [1.29, 1.82) is 0 Å². The number of carbonyl (C=O) groups excluding carboxylic acids is 1. The van der Waals surface area contributed by atoms with Gasteiger partial charge in [0.1, 0.15) is 6.23 Å². The largest absolute Gasteiger partial charge is 0.354 e. The summed E-state index contributed by atoms with van der Waals surface area (Å²) in [7, 11) is 0. The van der Waals surface area contributed by atoms with E-state index >= 15 is 0 Å². The van der Waals surface area contributed by atoms with Gasteiger partial charge < -0.3 is 10.1 Å². The number of ether oxygens (including phenoxy) is 1. The molecule has 0 bridgehead atoms. The summed E-state index contributed by atoms with van der Waals surface area (Å²) in [6.07, 6.45) is 2.34. The second kappa shape index (κ2) is 7.01. The zero-order valence-electron chi connectivity index (χ0n) is 8.98. The molecule has 3 heteroatoms. The van der Waals surface area contributed by atoms with E-state index in [1.54, 1.807) is 0 Å². The summed E-state index contributed by atoms with van der Waals surface area (Å²) in [5.41, 5.74) is 1.12. The summed E-state index contributed by atoms with van der Waals surface area (Å²) in [5, 5.41) is 2.65. The van der Waals surface area contributed by atoms with Crippen LogP contribution >= 0.6 is 0 Å². The van der Waals surface area contributed by atoms with Crippen LogP contribution in [0.25, 0.3) is 0 Å². The molecule has 1 aromatic carbocycles. The van der Waals surface area contributed by atoms with Crippen LogP contribution in [0, 0.1) is 0 Å². The highest BCUT2D eigenvalue weighted by Crippen LogP contribution is 2.05. The molecule has 0 heterocycles. The summed E-state index contributed by atoms with van der Waals surface area (Å²) in [6, 6.07) is 9.92. The molecule has 1 aromatic rings. The summed E-state index contributed by atoms with van der Waals surface area (Å²) in [6.45, 7) is 2.59. The Bertz CT molecular complexity index is 274. The summed E-state index contributed by atoms with van der Waals surface area (Å²) in [4.78, 5) is 10.3. The Labute approximate surface area is 90.4 Å². The Hall–Kier alpha value is -1.35. The molecule has 0 radical (unpaired) electrons. The summed E-state index contributed by atoms with van der Waals surface area (Å²) >= 11 is 0. The molecular weight excluding hydrogens is 190 g/mol. The van der Waals surface area contributed by atoms with E-state index in [9.17, 15) is 4.79 Å². The van der Waals surface area contributed by atoms with Gasteiger partial charge in [-0.15, -0.1) is 0 Å². The van der Waals surface area contributed by atoms with Crippen molar-refractivity contribution in [2.45, 2.75) is 32.6 Å². The maximum Gasteiger partial charge on any atom is 0.209 e. The van der Waals surface area contributed by atoms with Gasteiger partial charge in [0.25, 0.3) is 0 Å². The summed E-state index contributed by atoms with van der Waals surface area (Å²) in [5.74, 6) is 0. The molecule has 3 nitrogen and oxygen atoms in total. The van der Waals surface area contributed by atoms with Crippen LogP contribution in [0.15, 0.2) is 30.3 Å². The molecule has 0 aliphatic rings. The van der Waals surface area contributed by atoms with Crippen LogP contribution in [0.5, 0.6) is 0 Å². The third-order valence-electron chi connectivity index (χ3n) is 2.10. The maximum atomic E-state index is 10.3. The van der Waals surface area contributed by atoms with E-state index in [0.717, 1.165) is 18.4 Å². The topological polar surface area (TPSA) is 38.3 Å². The minimum Gasteiger partial charge on any atom is -0.354 e. The number of rotatable bonds is 7. The van der Waals surface area contributed by atoms with Gasteiger partial charge in [0.15, 0.2) is 0 Å². The van der Waals surface area contributed by atoms with Crippen LogP contribution in [0.2, 0.25) is 0 Å². The van der Waals surface area contributed by atoms with Gasteiger partial charge >= 0.3 is 0 Å². The average Bonchev–Trinajstić information content (AvgIpc) is 2.28. The van der Waals surface area contributed by atoms with Gasteiger partial charge in [-0.2, -0.15) is 0 Å². The Morgan fingerprint density at radius 3 is 2.73 bits per heavy atom. The molecule has 82 valence electrons. The van der Waals surface area contributed by atoms with E-state index in [-0.39, 0.29) is 6.23 Å². The number of amides is 1. The molecule has 0 fully saturated rings. The second-order valence-electron chi connectivity index (χ2n) is 3.36. The lowest BCUT2D eigenvalue weighted by molar-refractivity contribution is -0.114. The molecule has 0 saturated heterocycles. The van der Waals surface area contributed by atoms with E-state index in [0.29, 0.717) is 13.0 Å². The van der Waals surface area contributed by atoms with Gasteiger partial charge in [-0.05, 0) is 12.0 Å². The second-order valence-corrected chi connectivity index (χ2v) is 3.36.